The number of fused-ring (bicyclic) bond motifs is 3. The molecule has 0 saturated carbocycles. The lowest BCUT2D eigenvalue weighted by Gasteiger charge is -2.31. The lowest BCUT2D eigenvalue weighted by molar-refractivity contribution is 0.567. The minimum absolute atomic E-state index is 0.0379. The van der Waals surface area contributed by atoms with Gasteiger partial charge in [-0.3, -0.25) is 0 Å². The van der Waals surface area contributed by atoms with Crippen molar-refractivity contribution in [3.8, 4) is 16.9 Å². The third-order valence-corrected chi connectivity index (χ3v) is 6.65. The molecule has 4 nitrogen and oxygen atoms in total. The molecule has 5 rings (SSSR count). The molecular weight excluding hydrogens is 380 g/mol. The van der Waals surface area contributed by atoms with Crippen LogP contribution in [0.1, 0.15) is 51.1 Å². The van der Waals surface area contributed by atoms with Crippen LogP contribution in [0.25, 0.3) is 16.9 Å². The number of hydrogen-bond acceptors (Lipinski definition) is 2. The summed E-state index contributed by atoms with van der Waals surface area (Å²) in [4.78, 5) is 0. The first-order chi connectivity index (χ1) is 14.7. The smallest absolute Gasteiger partial charge is 0.149 e. The summed E-state index contributed by atoms with van der Waals surface area (Å²) in [5, 5.41) is 8.71. The maximum atomic E-state index is 4.89. The molecule has 1 aliphatic rings. The van der Waals surface area contributed by atoms with Crippen molar-refractivity contribution in [2.45, 2.75) is 54.6 Å². The Morgan fingerprint density at radius 2 is 1.58 bits per heavy atom. The fraction of sp³-hybridized carbons (Fsp3) is 0.296. The van der Waals surface area contributed by atoms with E-state index in [1.165, 1.54) is 61.8 Å². The fourth-order valence-electron chi connectivity index (χ4n) is 5.01. The van der Waals surface area contributed by atoms with Crippen molar-refractivity contribution in [1.29, 1.82) is 0 Å². The third-order valence-electron chi connectivity index (χ3n) is 6.65. The van der Waals surface area contributed by atoms with Gasteiger partial charge in [0, 0.05) is 33.9 Å². The quantitative estimate of drug-likeness (QED) is 0.411. The number of nitrogens with one attached hydrogen (secondary N) is 1. The van der Waals surface area contributed by atoms with Crippen molar-refractivity contribution < 1.29 is 0 Å². The Labute approximate surface area is 184 Å². The standard InChI is InChI=1S/C27H30N4/c1-15-10-18(4)26-24(11-15)25-13-19(5)29-31(25)27(28-26)23-14-20(6)30(21(23)7)22-9-8-16(2)17(3)12-22/h8-14,27-28H,1-7H3. The Morgan fingerprint density at radius 1 is 0.806 bits per heavy atom. The zero-order valence-electron chi connectivity index (χ0n) is 19.5. The lowest BCUT2D eigenvalue weighted by Crippen LogP contribution is -2.26. The van der Waals surface area contributed by atoms with E-state index in [1.54, 1.807) is 0 Å². The second kappa shape index (κ2) is 6.88. The molecular formula is C27H30N4. The maximum Gasteiger partial charge on any atom is 0.149 e. The number of hydrogen-bond donors (Lipinski definition) is 1. The molecule has 31 heavy (non-hydrogen) atoms. The van der Waals surface area contributed by atoms with Gasteiger partial charge in [0.25, 0.3) is 0 Å². The molecule has 1 unspecified atom stereocenters. The van der Waals surface area contributed by atoms with Gasteiger partial charge in [-0.1, -0.05) is 17.7 Å². The van der Waals surface area contributed by atoms with E-state index in [9.17, 15) is 0 Å². The van der Waals surface area contributed by atoms with Crippen LogP contribution in [0, 0.1) is 48.5 Å². The monoisotopic (exact) mass is 410 g/mol. The largest absolute Gasteiger partial charge is 0.359 e. The number of nitrogens with zero attached hydrogens (tertiary/aromatic N) is 3. The van der Waals surface area contributed by atoms with E-state index in [0.29, 0.717) is 0 Å². The molecule has 0 fully saturated rings. The maximum absolute atomic E-state index is 4.89. The van der Waals surface area contributed by atoms with Crippen LogP contribution in [0.2, 0.25) is 0 Å². The van der Waals surface area contributed by atoms with Crippen molar-refractivity contribution in [3.63, 3.8) is 0 Å². The first-order valence-corrected chi connectivity index (χ1v) is 11.0. The molecule has 0 amide bonds. The Hall–Kier alpha value is -3.27. The van der Waals surface area contributed by atoms with Crippen LogP contribution in [0.4, 0.5) is 5.69 Å². The SMILES string of the molecule is Cc1cc(C)c2c(c1)-c1cc(C)nn1C(c1cc(C)n(-c3ccc(C)c(C)c3)c1C)N2. The van der Waals surface area contributed by atoms with Gasteiger partial charge in [-0.2, -0.15) is 5.10 Å². The molecule has 4 aromatic rings. The summed E-state index contributed by atoms with van der Waals surface area (Å²) in [5.41, 5.74) is 14.8. The zero-order valence-corrected chi connectivity index (χ0v) is 19.5. The van der Waals surface area contributed by atoms with Gasteiger partial charge in [0.15, 0.2) is 0 Å². The number of benzene rings is 2. The predicted molar refractivity (Wildman–Crippen MR) is 128 cm³/mol. The van der Waals surface area contributed by atoms with Crippen molar-refractivity contribution >= 4 is 5.69 Å². The van der Waals surface area contributed by atoms with Gasteiger partial charge in [0.05, 0.1) is 11.4 Å². The summed E-state index contributed by atoms with van der Waals surface area (Å²) in [7, 11) is 0. The van der Waals surface area contributed by atoms with E-state index < -0.39 is 0 Å². The summed E-state index contributed by atoms with van der Waals surface area (Å²) in [6.07, 6.45) is -0.0379. The van der Waals surface area contributed by atoms with E-state index in [2.05, 4.69) is 105 Å². The topological polar surface area (TPSA) is 34.8 Å². The number of rotatable bonds is 2. The van der Waals surface area contributed by atoms with Crippen LogP contribution >= 0.6 is 0 Å². The normalized spacial score (nSPS) is 14.9. The van der Waals surface area contributed by atoms with E-state index >= 15 is 0 Å². The van der Waals surface area contributed by atoms with Gasteiger partial charge < -0.3 is 9.88 Å². The van der Waals surface area contributed by atoms with Gasteiger partial charge in [-0.15, -0.1) is 0 Å². The second-order valence-electron chi connectivity index (χ2n) is 9.10. The first-order valence-electron chi connectivity index (χ1n) is 11.0. The molecule has 0 spiro atoms. The molecule has 3 heterocycles. The first kappa shape index (κ1) is 19.7. The van der Waals surface area contributed by atoms with Crippen LogP contribution in [0.3, 0.4) is 0 Å². The molecule has 158 valence electrons. The van der Waals surface area contributed by atoms with Crippen LogP contribution in [-0.2, 0) is 0 Å². The van der Waals surface area contributed by atoms with E-state index in [0.717, 1.165) is 5.69 Å². The van der Waals surface area contributed by atoms with Gasteiger partial charge in [0.1, 0.15) is 6.17 Å². The van der Waals surface area contributed by atoms with E-state index in [1.807, 2.05) is 0 Å². The van der Waals surface area contributed by atoms with Gasteiger partial charge >= 0.3 is 0 Å². The second-order valence-corrected chi connectivity index (χ2v) is 9.10. The van der Waals surface area contributed by atoms with Crippen molar-refractivity contribution in [3.05, 3.63) is 87.4 Å². The number of aryl methyl sites for hydroxylation is 6. The van der Waals surface area contributed by atoms with Crippen molar-refractivity contribution in [2.24, 2.45) is 0 Å². The summed E-state index contributed by atoms with van der Waals surface area (Å²) in [5.74, 6) is 0. The zero-order chi connectivity index (χ0) is 22.0. The van der Waals surface area contributed by atoms with Crippen LogP contribution in [0.15, 0.2) is 42.5 Å². The molecule has 1 atom stereocenters. The number of anilines is 1. The Kier molecular flexibility index (Phi) is 4.37. The fourth-order valence-corrected chi connectivity index (χ4v) is 5.01. The Morgan fingerprint density at radius 3 is 2.32 bits per heavy atom. The Bertz CT molecular complexity index is 1340. The minimum atomic E-state index is -0.0379. The molecule has 0 aliphatic carbocycles. The lowest BCUT2D eigenvalue weighted by atomic mass is 9.98. The Balaban J connectivity index is 1.69. The van der Waals surface area contributed by atoms with Gasteiger partial charge in [-0.25, -0.2) is 4.68 Å². The third kappa shape index (κ3) is 3.01. The summed E-state index contributed by atoms with van der Waals surface area (Å²) < 4.78 is 4.51. The van der Waals surface area contributed by atoms with Gasteiger partial charge in [0.2, 0.25) is 0 Å². The average molecular weight is 411 g/mol. The molecule has 0 radical (unpaired) electrons. The molecule has 0 saturated heterocycles. The van der Waals surface area contributed by atoms with E-state index in [4.69, 9.17) is 5.10 Å². The van der Waals surface area contributed by atoms with Crippen LogP contribution < -0.4 is 5.32 Å². The minimum Gasteiger partial charge on any atom is -0.359 e. The summed E-state index contributed by atoms with van der Waals surface area (Å²) in [6.45, 7) is 15.2. The van der Waals surface area contributed by atoms with Crippen molar-refractivity contribution in [2.75, 3.05) is 5.32 Å². The van der Waals surface area contributed by atoms with Gasteiger partial charge in [-0.05, 0) is 95.5 Å². The highest BCUT2D eigenvalue weighted by Crippen LogP contribution is 2.42. The summed E-state index contributed by atoms with van der Waals surface area (Å²) in [6, 6.07) is 15.7. The van der Waals surface area contributed by atoms with Crippen LogP contribution in [0.5, 0.6) is 0 Å². The number of aromatic nitrogens is 3. The average Bonchev–Trinajstić information content (AvgIpc) is 3.23. The van der Waals surface area contributed by atoms with Crippen LogP contribution in [-0.4, -0.2) is 14.3 Å². The highest BCUT2D eigenvalue weighted by molar-refractivity contribution is 5.82. The predicted octanol–water partition coefficient (Wildman–Crippen LogP) is 6.47. The van der Waals surface area contributed by atoms with E-state index in [-0.39, 0.29) is 6.17 Å². The molecule has 2 aromatic carbocycles. The molecule has 2 aromatic heterocycles. The molecule has 1 aliphatic heterocycles. The molecule has 4 heteroatoms. The molecule has 1 N–H and O–H groups in total. The van der Waals surface area contributed by atoms with Crippen molar-refractivity contribution in [1.82, 2.24) is 14.3 Å². The summed E-state index contributed by atoms with van der Waals surface area (Å²) >= 11 is 0. The highest BCUT2D eigenvalue weighted by Gasteiger charge is 2.30. The highest BCUT2D eigenvalue weighted by atomic mass is 15.4. The molecule has 0 bridgehead atoms.